The van der Waals surface area contributed by atoms with Gasteiger partial charge in [-0.05, 0) is 16.8 Å². The van der Waals surface area contributed by atoms with Crippen LogP contribution in [0.1, 0.15) is 15.9 Å². The van der Waals surface area contributed by atoms with Crippen LogP contribution in [0.2, 0.25) is 0 Å². The number of carbonyl (C=O) groups excluding carboxylic acids is 1. The lowest BCUT2D eigenvalue weighted by Crippen LogP contribution is -1.96. The van der Waals surface area contributed by atoms with Crippen molar-refractivity contribution in [3.8, 4) is 0 Å². The van der Waals surface area contributed by atoms with Gasteiger partial charge in [0, 0.05) is 5.56 Å². The van der Waals surface area contributed by atoms with Gasteiger partial charge < -0.3 is 0 Å². The molecule has 0 aliphatic rings. The molecule has 0 heterocycles. The zero-order valence-corrected chi connectivity index (χ0v) is 12.3. The Morgan fingerprint density at radius 3 is 2.29 bits per heavy atom. The van der Waals surface area contributed by atoms with E-state index in [9.17, 15) is 9.36 Å². The number of fused-ring (bicyclic) bond motifs is 1. The van der Waals surface area contributed by atoms with Crippen molar-refractivity contribution < 1.29 is 9.36 Å². The molecule has 1 unspecified atom stereocenters. The molecule has 0 fully saturated rings. The van der Waals surface area contributed by atoms with E-state index in [0.717, 1.165) is 16.3 Å². The lowest BCUT2D eigenvalue weighted by atomic mass is 10.1. The maximum absolute atomic E-state index is 12.5. The van der Waals surface area contributed by atoms with Crippen molar-refractivity contribution in [3.05, 3.63) is 83.9 Å². The third-order valence-electron chi connectivity index (χ3n) is 3.42. The van der Waals surface area contributed by atoms with Gasteiger partial charge >= 0.3 is 13.3 Å². The zero-order valence-electron chi connectivity index (χ0n) is 11.4. The minimum absolute atomic E-state index is 0.273. The lowest BCUT2D eigenvalue weighted by Gasteiger charge is -2.00. The van der Waals surface area contributed by atoms with E-state index in [2.05, 4.69) is 0 Å². The first kappa shape index (κ1) is 13.7. The van der Waals surface area contributed by atoms with E-state index >= 15 is 0 Å². The third kappa shape index (κ3) is 2.91. The Kier molecular flexibility index (Phi) is 3.89. The van der Waals surface area contributed by atoms with Crippen molar-refractivity contribution in [1.82, 2.24) is 0 Å². The van der Waals surface area contributed by atoms with Crippen LogP contribution in [0, 0.1) is 0 Å². The van der Waals surface area contributed by atoms with Crippen LogP contribution in [0.25, 0.3) is 10.8 Å². The van der Waals surface area contributed by atoms with Gasteiger partial charge in [-0.3, -0.25) is 0 Å². The number of benzene rings is 3. The number of hydrogen-bond acceptors (Lipinski definition) is 2. The first-order valence-electron chi connectivity index (χ1n) is 6.76. The molecule has 3 aromatic rings. The van der Waals surface area contributed by atoms with Crippen molar-refractivity contribution in [3.63, 3.8) is 0 Å². The van der Waals surface area contributed by atoms with Crippen LogP contribution in [0.5, 0.6) is 0 Å². The molecule has 0 spiro atoms. The fourth-order valence-electron chi connectivity index (χ4n) is 2.37. The van der Waals surface area contributed by atoms with Crippen LogP contribution in [0.4, 0.5) is 0 Å². The van der Waals surface area contributed by atoms with Crippen molar-refractivity contribution >= 4 is 24.1 Å². The molecule has 0 radical (unpaired) electrons. The van der Waals surface area contributed by atoms with E-state index in [-0.39, 0.29) is 11.7 Å². The minimum atomic E-state index is -1.96. The summed E-state index contributed by atoms with van der Waals surface area (Å²) in [7, 11) is -1.96. The second-order valence-corrected chi connectivity index (χ2v) is 6.33. The normalized spacial score (nSPS) is 11.3. The van der Waals surface area contributed by atoms with Crippen LogP contribution in [0.15, 0.2) is 72.8 Å². The summed E-state index contributed by atoms with van der Waals surface area (Å²) < 4.78 is 12.4. The molecule has 0 amide bonds. The molecule has 21 heavy (non-hydrogen) atoms. The average molecular weight is 293 g/mol. The Balaban J connectivity index is 1.92. The lowest BCUT2D eigenvalue weighted by molar-refractivity contribution is 0.107. The number of hydrogen-bond donors (Lipinski definition) is 0. The predicted octanol–water partition coefficient (Wildman–Crippen LogP) is 5.01. The molecule has 0 aliphatic carbocycles. The second-order valence-electron chi connectivity index (χ2n) is 4.85. The molecule has 3 aromatic carbocycles. The average Bonchev–Trinajstić information content (AvgIpc) is 2.54. The molecule has 0 saturated carbocycles. The van der Waals surface area contributed by atoms with Crippen molar-refractivity contribution in [2.75, 3.05) is 0 Å². The largest absolute Gasteiger partial charge is 0.424 e. The van der Waals surface area contributed by atoms with E-state index in [1.54, 1.807) is 6.07 Å². The molecule has 2 nitrogen and oxygen atoms in total. The van der Waals surface area contributed by atoms with Crippen LogP contribution in [-0.2, 0) is 10.7 Å². The number of rotatable bonds is 4. The smallest absolute Gasteiger partial charge is 0.234 e. The van der Waals surface area contributed by atoms with Crippen molar-refractivity contribution in [2.24, 2.45) is 0 Å². The zero-order chi connectivity index (χ0) is 14.7. The fraction of sp³-hybridized carbons (Fsp3) is 0.0556. The van der Waals surface area contributed by atoms with Gasteiger partial charge in [0.25, 0.3) is 0 Å². The highest BCUT2D eigenvalue weighted by molar-refractivity contribution is 7.63. The maximum Gasteiger partial charge on any atom is 0.424 e. The van der Waals surface area contributed by atoms with Crippen LogP contribution < -0.4 is 0 Å². The van der Waals surface area contributed by atoms with Crippen LogP contribution in [-0.4, -0.2) is 5.52 Å². The summed E-state index contributed by atoms with van der Waals surface area (Å²) in [5.41, 5.74) is 1.20. The maximum atomic E-state index is 12.5. The van der Waals surface area contributed by atoms with Crippen molar-refractivity contribution in [1.29, 1.82) is 0 Å². The van der Waals surface area contributed by atoms with Crippen LogP contribution >= 0.6 is 7.80 Å². The summed E-state index contributed by atoms with van der Waals surface area (Å²) in [5, 5.41) is 1.85. The molecular weight excluding hydrogens is 279 g/mol. The Morgan fingerprint density at radius 2 is 1.48 bits per heavy atom. The van der Waals surface area contributed by atoms with Gasteiger partial charge in [-0.15, -0.1) is 0 Å². The monoisotopic (exact) mass is 293 g/mol. The van der Waals surface area contributed by atoms with E-state index in [0.29, 0.717) is 5.56 Å². The molecule has 0 bridgehead atoms. The summed E-state index contributed by atoms with van der Waals surface area (Å²) in [6.45, 7) is 0. The summed E-state index contributed by atoms with van der Waals surface area (Å²) in [4.78, 5) is 12.5. The topological polar surface area (TPSA) is 34.1 Å². The Morgan fingerprint density at radius 1 is 0.810 bits per heavy atom. The molecule has 0 aromatic heterocycles. The summed E-state index contributed by atoms with van der Waals surface area (Å²) >= 11 is 0. The Hall–Kier alpha value is -2.31. The Labute approximate surface area is 124 Å². The predicted molar refractivity (Wildman–Crippen MR) is 86.0 cm³/mol. The molecule has 102 valence electrons. The molecular formula is C18H14O2P+. The van der Waals surface area contributed by atoms with Gasteiger partial charge in [-0.1, -0.05) is 71.3 Å². The standard InChI is InChI=1S/C18H14O2P/c19-18(21(20)13-14-7-2-1-3-8-14)17-12-6-10-15-9-4-5-11-16(15)17/h1-12H,13H2/q+1. The molecule has 3 heteroatoms. The fourth-order valence-corrected chi connectivity index (χ4v) is 3.52. The van der Waals surface area contributed by atoms with Gasteiger partial charge in [-0.2, -0.15) is 0 Å². The van der Waals surface area contributed by atoms with Gasteiger partial charge in [0.05, 0.1) is 5.56 Å². The van der Waals surface area contributed by atoms with E-state index < -0.39 is 7.80 Å². The SMILES string of the molecule is O=C(c1cccc2ccccc12)[P+](=O)Cc1ccccc1. The van der Waals surface area contributed by atoms with Crippen molar-refractivity contribution in [2.45, 2.75) is 6.16 Å². The number of carbonyl (C=O) groups is 1. The highest BCUT2D eigenvalue weighted by atomic mass is 31.1. The summed E-state index contributed by atoms with van der Waals surface area (Å²) in [6.07, 6.45) is 0.290. The second kappa shape index (κ2) is 5.99. The molecule has 0 aliphatic heterocycles. The van der Waals surface area contributed by atoms with Crippen LogP contribution in [0.3, 0.4) is 0 Å². The van der Waals surface area contributed by atoms with Gasteiger partial charge in [-0.25, -0.2) is 4.79 Å². The Bertz CT molecular complexity index is 804. The van der Waals surface area contributed by atoms with Gasteiger partial charge in [0.1, 0.15) is 0 Å². The molecule has 3 rings (SSSR count). The first-order chi connectivity index (χ1) is 10.3. The van der Waals surface area contributed by atoms with Gasteiger partial charge in [0.2, 0.25) is 0 Å². The first-order valence-corrected chi connectivity index (χ1v) is 8.21. The van der Waals surface area contributed by atoms with E-state index in [4.69, 9.17) is 0 Å². The van der Waals surface area contributed by atoms with E-state index in [1.165, 1.54) is 0 Å². The van der Waals surface area contributed by atoms with E-state index in [1.807, 2.05) is 66.7 Å². The summed E-state index contributed by atoms with van der Waals surface area (Å²) in [5.74, 6) is 0. The molecule has 1 atom stereocenters. The third-order valence-corrected chi connectivity index (χ3v) is 4.76. The molecule has 0 saturated heterocycles. The minimum Gasteiger partial charge on any atom is -0.234 e. The molecule has 0 N–H and O–H groups in total. The summed E-state index contributed by atoms with van der Waals surface area (Å²) in [6, 6.07) is 22.7. The highest BCUT2D eigenvalue weighted by Crippen LogP contribution is 2.34. The quantitative estimate of drug-likeness (QED) is 0.634. The van der Waals surface area contributed by atoms with Gasteiger partial charge in [0.15, 0.2) is 6.16 Å². The highest BCUT2D eigenvalue weighted by Gasteiger charge is 2.30.